The van der Waals surface area contributed by atoms with Gasteiger partial charge in [0.1, 0.15) is 5.78 Å². The summed E-state index contributed by atoms with van der Waals surface area (Å²) >= 11 is 0. The highest BCUT2D eigenvalue weighted by molar-refractivity contribution is 5.90. The molecule has 0 aromatic carbocycles. The minimum Gasteiger partial charge on any atom is -0.469 e. The van der Waals surface area contributed by atoms with Crippen molar-refractivity contribution in [3.8, 4) is 0 Å². The number of ketones is 1. The van der Waals surface area contributed by atoms with Crippen molar-refractivity contribution in [2.24, 2.45) is 17.8 Å². The summed E-state index contributed by atoms with van der Waals surface area (Å²) in [4.78, 5) is 23.3. The van der Waals surface area contributed by atoms with Crippen LogP contribution < -0.4 is 0 Å². The molecule has 2 rings (SSSR count). The molecule has 3 heteroatoms. The Morgan fingerprint density at radius 1 is 1.27 bits per heavy atom. The van der Waals surface area contributed by atoms with E-state index in [1.54, 1.807) is 0 Å². The minimum atomic E-state index is -0.183. The molecular weight excluding hydrogens is 192 g/mol. The number of rotatable bonds is 2. The summed E-state index contributed by atoms with van der Waals surface area (Å²) in [5.74, 6) is 0.379. The van der Waals surface area contributed by atoms with Gasteiger partial charge < -0.3 is 4.74 Å². The van der Waals surface area contributed by atoms with E-state index in [2.05, 4.69) is 0 Å². The van der Waals surface area contributed by atoms with E-state index in [1.165, 1.54) is 20.0 Å². The van der Waals surface area contributed by atoms with Crippen molar-refractivity contribution in [3.05, 3.63) is 0 Å². The highest BCUT2D eigenvalue weighted by atomic mass is 16.5. The average molecular weight is 210 g/mol. The first-order valence-corrected chi connectivity index (χ1v) is 5.84. The largest absolute Gasteiger partial charge is 0.469 e. The molecule has 0 spiro atoms. The van der Waals surface area contributed by atoms with Crippen LogP contribution in [0.1, 0.15) is 38.5 Å². The third-order valence-corrected chi connectivity index (χ3v) is 3.92. The molecule has 2 saturated carbocycles. The number of ether oxygens (including phenoxy) is 1. The molecule has 2 atom stereocenters. The third-order valence-electron chi connectivity index (χ3n) is 3.92. The molecule has 0 bridgehead atoms. The number of hydrogen-bond donors (Lipinski definition) is 0. The van der Waals surface area contributed by atoms with Crippen LogP contribution in [0.15, 0.2) is 0 Å². The van der Waals surface area contributed by atoms with Gasteiger partial charge in [0.25, 0.3) is 0 Å². The Bertz CT molecular complexity index is 266. The summed E-state index contributed by atoms with van der Waals surface area (Å²) in [6.07, 6.45) is 5.92. The molecule has 2 aliphatic rings. The molecule has 2 aliphatic carbocycles. The van der Waals surface area contributed by atoms with Crippen molar-refractivity contribution in [3.63, 3.8) is 0 Å². The molecule has 84 valence electrons. The van der Waals surface area contributed by atoms with E-state index in [9.17, 15) is 9.59 Å². The third kappa shape index (κ3) is 1.92. The van der Waals surface area contributed by atoms with E-state index >= 15 is 0 Å². The number of hydrogen-bond acceptors (Lipinski definition) is 3. The van der Waals surface area contributed by atoms with Crippen LogP contribution in [0.2, 0.25) is 0 Å². The zero-order valence-electron chi connectivity index (χ0n) is 9.20. The summed E-state index contributed by atoms with van der Waals surface area (Å²) in [7, 11) is 1.41. The van der Waals surface area contributed by atoms with Crippen LogP contribution in [0, 0.1) is 17.8 Å². The lowest BCUT2D eigenvalue weighted by Gasteiger charge is -2.21. The van der Waals surface area contributed by atoms with Gasteiger partial charge in [-0.1, -0.05) is 12.8 Å². The maximum absolute atomic E-state index is 11.8. The SMILES string of the molecule is COC(=O)C1CCC(=O)C1C1CCCC1. The van der Waals surface area contributed by atoms with E-state index in [-0.39, 0.29) is 23.6 Å². The van der Waals surface area contributed by atoms with Gasteiger partial charge in [-0.05, 0) is 25.2 Å². The van der Waals surface area contributed by atoms with E-state index in [1.807, 2.05) is 0 Å². The fraction of sp³-hybridized carbons (Fsp3) is 0.833. The lowest BCUT2D eigenvalue weighted by Crippen LogP contribution is -2.29. The second-order valence-electron chi connectivity index (χ2n) is 4.70. The molecule has 0 aromatic rings. The van der Waals surface area contributed by atoms with Gasteiger partial charge in [0.15, 0.2) is 0 Å². The predicted molar refractivity (Wildman–Crippen MR) is 55.2 cm³/mol. The zero-order chi connectivity index (χ0) is 10.8. The van der Waals surface area contributed by atoms with Crippen LogP contribution in [-0.4, -0.2) is 18.9 Å². The molecule has 3 nitrogen and oxygen atoms in total. The van der Waals surface area contributed by atoms with Crippen molar-refractivity contribution in [1.29, 1.82) is 0 Å². The maximum Gasteiger partial charge on any atom is 0.309 e. The molecule has 2 fully saturated rings. The standard InChI is InChI=1S/C12H18O3/c1-15-12(14)9-6-7-10(13)11(9)8-4-2-3-5-8/h8-9,11H,2-7H2,1H3. The number of carbonyl (C=O) groups is 2. The average Bonchev–Trinajstić information content (AvgIpc) is 2.85. The van der Waals surface area contributed by atoms with Gasteiger partial charge >= 0.3 is 5.97 Å². The van der Waals surface area contributed by atoms with Crippen LogP contribution in [-0.2, 0) is 14.3 Å². The Kier molecular flexibility index (Phi) is 3.08. The minimum absolute atomic E-state index is 0.0278. The van der Waals surface area contributed by atoms with Crippen LogP contribution in [0.25, 0.3) is 0 Å². The Balaban J connectivity index is 2.10. The quantitative estimate of drug-likeness (QED) is 0.654. The summed E-state index contributed by atoms with van der Waals surface area (Å²) in [5, 5.41) is 0. The molecule has 0 N–H and O–H groups in total. The molecule has 15 heavy (non-hydrogen) atoms. The molecule has 0 saturated heterocycles. The first-order valence-electron chi connectivity index (χ1n) is 5.84. The van der Waals surface area contributed by atoms with Crippen molar-refractivity contribution < 1.29 is 14.3 Å². The van der Waals surface area contributed by atoms with E-state index in [4.69, 9.17) is 4.74 Å². The monoisotopic (exact) mass is 210 g/mol. The van der Waals surface area contributed by atoms with Gasteiger partial charge in [0.05, 0.1) is 13.0 Å². The van der Waals surface area contributed by atoms with Gasteiger partial charge in [0.2, 0.25) is 0 Å². The van der Waals surface area contributed by atoms with Gasteiger partial charge in [-0.15, -0.1) is 0 Å². The summed E-state index contributed by atoms with van der Waals surface area (Å²) in [6.45, 7) is 0. The second-order valence-corrected chi connectivity index (χ2v) is 4.70. The number of esters is 1. The topological polar surface area (TPSA) is 43.4 Å². The molecule has 0 amide bonds. The fourth-order valence-corrected chi connectivity index (χ4v) is 3.19. The second kappa shape index (κ2) is 4.33. The van der Waals surface area contributed by atoms with Crippen LogP contribution in [0.3, 0.4) is 0 Å². The smallest absolute Gasteiger partial charge is 0.309 e. The highest BCUT2D eigenvalue weighted by Crippen LogP contribution is 2.42. The highest BCUT2D eigenvalue weighted by Gasteiger charge is 2.44. The van der Waals surface area contributed by atoms with E-state index in [0.717, 1.165) is 12.8 Å². The fourth-order valence-electron chi connectivity index (χ4n) is 3.19. The van der Waals surface area contributed by atoms with Gasteiger partial charge in [-0.3, -0.25) is 9.59 Å². The van der Waals surface area contributed by atoms with E-state index < -0.39 is 0 Å². The molecular formula is C12H18O3. The van der Waals surface area contributed by atoms with Crippen LogP contribution in [0.4, 0.5) is 0 Å². The Morgan fingerprint density at radius 3 is 2.53 bits per heavy atom. The van der Waals surface area contributed by atoms with Crippen molar-refractivity contribution in [2.75, 3.05) is 7.11 Å². The molecule has 0 heterocycles. The lowest BCUT2D eigenvalue weighted by molar-refractivity contribution is -0.148. The zero-order valence-corrected chi connectivity index (χ0v) is 9.20. The molecule has 2 unspecified atom stereocenters. The number of methoxy groups -OCH3 is 1. The Hall–Kier alpha value is -0.860. The predicted octanol–water partition coefficient (Wildman–Crippen LogP) is 1.94. The summed E-state index contributed by atoms with van der Waals surface area (Å²) in [5.41, 5.74) is 0. The molecule has 0 radical (unpaired) electrons. The van der Waals surface area contributed by atoms with Gasteiger partial charge in [-0.25, -0.2) is 0 Å². The van der Waals surface area contributed by atoms with Crippen molar-refractivity contribution in [1.82, 2.24) is 0 Å². The van der Waals surface area contributed by atoms with Gasteiger partial charge in [-0.2, -0.15) is 0 Å². The van der Waals surface area contributed by atoms with Crippen molar-refractivity contribution in [2.45, 2.75) is 38.5 Å². The first kappa shape index (κ1) is 10.7. The molecule has 0 aliphatic heterocycles. The normalized spacial score (nSPS) is 32.2. The first-order chi connectivity index (χ1) is 7.24. The van der Waals surface area contributed by atoms with Crippen LogP contribution >= 0.6 is 0 Å². The Labute approximate surface area is 90.2 Å². The summed E-state index contributed by atoms with van der Waals surface area (Å²) in [6, 6.07) is 0. The van der Waals surface area contributed by atoms with Crippen LogP contribution in [0.5, 0.6) is 0 Å². The molecule has 0 aromatic heterocycles. The lowest BCUT2D eigenvalue weighted by atomic mass is 9.82. The number of carbonyl (C=O) groups excluding carboxylic acids is 2. The Morgan fingerprint density at radius 2 is 1.93 bits per heavy atom. The summed E-state index contributed by atoms with van der Waals surface area (Å²) < 4.78 is 4.78. The number of Topliss-reactive ketones (excluding diaryl/α,β-unsaturated/α-hetero) is 1. The van der Waals surface area contributed by atoms with Crippen molar-refractivity contribution >= 4 is 11.8 Å². The van der Waals surface area contributed by atoms with Gasteiger partial charge in [0, 0.05) is 12.3 Å². The van der Waals surface area contributed by atoms with E-state index in [0.29, 0.717) is 18.8 Å². The maximum atomic E-state index is 11.8.